The summed E-state index contributed by atoms with van der Waals surface area (Å²) < 4.78 is 27.1. The maximum atomic E-state index is 13.6. The minimum absolute atomic E-state index is 0.0122. The minimum atomic E-state index is -0.585. The van der Waals surface area contributed by atoms with Crippen LogP contribution < -0.4 is 10.6 Å². The summed E-state index contributed by atoms with van der Waals surface area (Å²) in [5.41, 5.74) is 2.25. The van der Waals surface area contributed by atoms with Crippen LogP contribution in [0.2, 0.25) is 0 Å². The molecule has 0 aromatic heterocycles. The van der Waals surface area contributed by atoms with Crippen molar-refractivity contribution in [1.82, 2.24) is 0 Å². The second-order valence-electron chi connectivity index (χ2n) is 4.76. The third-order valence-electron chi connectivity index (χ3n) is 3.08. The van der Waals surface area contributed by atoms with Gasteiger partial charge in [0.15, 0.2) is 0 Å². The van der Waals surface area contributed by atoms with Crippen LogP contribution in [0.1, 0.15) is 18.1 Å². The van der Waals surface area contributed by atoms with E-state index in [1.165, 1.54) is 25.1 Å². The van der Waals surface area contributed by atoms with Gasteiger partial charge in [-0.25, -0.2) is 8.78 Å². The zero-order valence-corrected chi connectivity index (χ0v) is 11.8. The van der Waals surface area contributed by atoms with E-state index in [0.29, 0.717) is 11.4 Å². The van der Waals surface area contributed by atoms with E-state index in [1.54, 1.807) is 12.1 Å². The van der Waals surface area contributed by atoms with Crippen LogP contribution in [0.15, 0.2) is 36.4 Å². The van der Waals surface area contributed by atoms with Crippen LogP contribution in [-0.2, 0) is 11.3 Å². The molecular weight excluding hydrogens is 274 g/mol. The molecule has 0 saturated carbocycles. The highest BCUT2D eigenvalue weighted by Gasteiger charge is 2.09. The lowest BCUT2D eigenvalue weighted by Crippen LogP contribution is -2.08. The van der Waals surface area contributed by atoms with Crippen LogP contribution in [0.5, 0.6) is 0 Å². The lowest BCUT2D eigenvalue weighted by Gasteiger charge is -2.13. The first-order valence-electron chi connectivity index (χ1n) is 6.52. The van der Waals surface area contributed by atoms with Crippen molar-refractivity contribution in [2.45, 2.75) is 20.4 Å². The van der Waals surface area contributed by atoms with Gasteiger partial charge in [0.25, 0.3) is 0 Å². The van der Waals surface area contributed by atoms with Gasteiger partial charge in [0.2, 0.25) is 5.91 Å². The molecule has 0 bridgehead atoms. The molecule has 2 N–H and O–H groups in total. The van der Waals surface area contributed by atoms with Gasteiger partial charge in [0.1, 0.15) is 11.6 Å². The number of carbonyl (C=O) groups excluding carboxylic acids is 1. The number of nitrogens with one attached hydrogen (secondary N) is 2. The molecule has 5 heteroatoms. The fourth-order valence-electron chi connectivity index (χ4n) is 1.98. The normalized spacial score (nSPS) is 10.3. The Kier molecular flexibility index (Phi) is 4.52. The molecule has 2 aromatic rings. The number of aryl methyl sites for hydroxylation is 1. The molecule has 0 fully saturated rings. The second-order valence-corrected chi connectivity index (χ2v) is 4.76. The number of hydrogen-bond acceptors (Lipinski definition) is 2. The Morgan fingerprint density at radius 2 is 1.81 bits per heavy atom. The zero-order chi connectivity index (χ0) is 15.4. The first-order chi connectivity index (χ1) is 9.97. The molecule has 0 heterocycles. The van der Waals surface area contributed by atoms with Gasteiger partial charge in [-0.3, -0.25) is 4.79 Å². The molecule has 110 valence electrons. The summed E-state index contributed by atoms with van der Waals surface area (Å²) >= 11 is 0. The first kappa shape index (κ1) is 15.0. The van der Waals surface area contributed by atoms with E-state index < -0.39 is 11.6 Å². The molecule has 3 nitrogen and oxygen atoms in total. The maximum absolute atomic E-state index is 13.6. The average Bonchev–Trinajstić information content (AvgIpc) is 2.41. The molecule has 0 saturated heterocycles. The molecule has 21 heavy (non-hydrogen) atoms. The third-order valence-corrected chi connectivity index (χ3v) is 3.08. The van der Waals surface area contributed by atoms with Gasteiger partial charge >= 0.3 is 0 Å². The van der Waals surface area contributed by atoms with E-state index in [9.17, 15) is 13.6 Å². The van der Waals surface area contributed by atoms with Crippen LogP contribution in [0.4, 0.5) is 20.2 Å². The molecule has 2 rings (SSSR count). The van der Waals surface area contributed by atoms with Gasteiger partial charge in [-0.15, -0.1) is 0 Å². The Balaban J connectivity index is 2.18. The molecule has 0 aliphatic heterocycles. The summed E-state index contributed by atoms with van der Waals surface area (Å²) in [5.74, 6) is -1.35. The average molecular weight is 290 g/mol. The van der Waals surface area contributed by atoms with Crippen molar-refractivity contribution >= 4 is 17.3 Å². The number of amides is 1. The van der Waals surface area contributed by atoms with Crippen molar-refractivity contribution in [2.75, 3.05) is 10.6 Å². The highest BCUT2D eigenvalue weighted by atomic mass is 19.1. The van der Waals surface area contributed by atoms with Crippen LogP contribution in [-0.4, -0.2) is 5.91 Å². The summed E-state index contributed by atoms with van der Waals surface area (Å²) in [5, 5.41) is 5.66. The maximum Gasteiger partial charge on any atom is 0.221 e. The highest BCUT2D eigenvalue weighted by Crippen LogP contribution is 2.22. The van der Waals surface area contributed by atoms with Gasteiger partial charge < -0.3 is 10.6 Å². The van der Waals surface area contributed by atoms with E-state index in [-0.39, 0.29) is 18.0 Å². The molecule has 2 aromatic carbocycles. The molecule has 1 amide bonds. The van der Waals surface area contributed by atoms with Crippen molar-refractivity contribution in [3.8, 4) is 0 Å². The quantitative estimate of drug-likeness (QED) is 0.898. The van der Waals surface area contributed by atoms with E-state index in [0.717, 1.165) is 5.56 Å². The van der Waals surface area contributed by atoms with Crippen LogP contribution in [0.25, 0.3) is 0 Å². The summed E-state index contributed by atoms with van der Waals surface area (Å²) in [7, 11) is 0. The SMILES string of the molecule is CC(=O)Nc1ccc(C)c(NCc2c(F)cccc2F)c1. The predicted octanol–water partition coefficient (Wildman–Crippen LogP) is 3.84. The topological polar surface area (TPSA) is 41.1 Å². The Hall–Kier alpha value is -2.43. The highest BCUT2D eigenvalue weighted by molar-refractivity contribution is 5.89. The van der Waals surface area contributed by atoms with Crippen LogP contribution in [0, 0.1) is 18.6 Å². The van der Waals surface area contributed by atoms with Crippen molar-refractivity contribution in [1.29, 1.82) is 0 Å². The van der Waals surface area contributed by atoms with Crippen molar-refractivity contribution in [2.24, 2.45) is 0 Å². The van der Waals surface area contributed by atoms with Crippen LogP contribution >= 0.6 is 0 Å². The number of halogens is 2. The third kappa shape index (κ3) is 3.78. The Morgan fingerprint density at radius 1 is 1.14 bits per heavy atom. The molecule has 0 unspecified atom stereocenters. The number of hydrogen-bond donors (Lipinski definition) is 2. The molecule has 0 spiro atoms. The smallest absolute Gasteiger partial charge is 0.221 e. The van der Waals surface area contributed by atoms with E-state index in [1.807, 2.05) is 13.0 Å². The van der Waals surface area contributed by atoms with Crippen LogP contribution in [0.3, 0.4) is 0 Å². The number of anilines is 2. The van der Waals surface area contributed by atoms with E-state index in [4.69, 9.17) is 0 Å². The Labute approximate surface area is 122 Å². The molecule has 0 aliphatic rings. The largest absolute Gasteiger partial charge is 0.380 e. The van der Waals surface area contributed by atoms with Gasteiger partial charge in [-0.1, -0.05) is 12.1 Å². The fraction of sp³-hybridized carbons (Fsp3) is 0.188. The monoisotopic (exact) mass is 290 g/mol. The molecule has 0 atom stereocenters. The molecule has 0 aliphatic carbocycles. The van der Waals surface area contributed by atoms with E-state index >= 15 is 0 Å². The minimum Gasteiger partial charge on any atom is -0.380 e. The number of rotatable bonds is 4. The standard InChI is InChI=1S/C16H16F2N2O/c1-10-6-7-12(20-11(2)21)8-16(10)19-9-13-14(17)4-3-5-15(13)18/h3-8,19H,9H2,1-2H3,(H,20,21). The number of benzene rings is 2. The Bertz CT molecular complexity index is 651. The Morgan fingerprint density at radius 3 is 2.43 bits per heavy atom. The summed E-state index contributed by atoms with van der Waals surface area (Å²) in [4.78, 5) is 11.0. The molecular formula is C16H16F2N2O. The van der Waals surface area contributed by atoms with Crippen molar-refractivity contribution in [3.05, 3.63) is 59.2 Å². The van der Waals surface area contributed by atoms with Gasteiger partial charge in [-0.2, -0.15) is 0 Å². The van der Waals surface area contributed by atoms with E-state index in [2.05, 4.69) is 10.6 Å². The lowest BCUT2D eigenvalue weighted by atomic mass is 10.1. The number of carbonyl (C=O) groups is 1. The predicted molar refractivity (Wildman–Crippen MR) is 79.2 cm³/mol. The fourth-order valence-corrected chi connectivity index (χ4v) is 1.98. The van der Waals surface area contributed by atoms with Gasteiger partial charge in [-0.05, 0) is 36.8 Å². The zero-order valence-electron chi connectivity index (χ0n) is 11.8. The molecule has 0 radical (unpaired) electrons. The lowest BCUT2D eigenvalue weighted by molar-refractivity contribution is -0.114. The van der Waals surface area contributed by atoms with Crippen molar-refractivity contribution in [3.63, 3.8) is 0 Å². The summed E-state index contributed by atoms with van der Waals surface area (Å²) in [6, 6.07) is 9.10. The first-order valence-corrected chi connectivity index (χ1v) is 6.52. The summed E-state index contributed by atoms with van der Waals surface area (Å²) in [6.07, 6.45) is 0. The van der Waals surface area contributed by atoms with Gasteiger partial charge in [0, 0.05) is 30.4 Å². The van der Waals surface area contributed by atoms with Gasteiger partial charge in [0.05, 0.1) is 0 Å². The van der Waals surface area contributed by atoms with Crippen molar-refractivity contribution < 1.29 is 13.6 Å². The summed E-state index contributed by atoms with van der Waals surface area (Å²) in [6.45, 7) is 3.32. The second kappa shape index (κ2) is 6.35.